The number of fused-ring (bicyclic) bond motifs is 5. The summed E-state index contributed by atoms with van der Waals surface area (Å²) in [5.74, 6) is 0. The molecule has 0 bridgehead atoms. The first kappa shape index (κ1) is 27.6. The van der Waals surface area contributed by atoms with Crippen molar-refractivity contribution in [1.82, 2.24) is 0 Å². The third kappa shape index (κ3) is 4.29. The second-order valence-corrected chi connectivity index (χ2v) is 13.3. The standard InChI is InChI=1S/C47H34/c1-47(2)43-23-13-12-17-36(43)37-29-28-34(30-44(37)47)35-16-6-7-18-38(35)46-41-21-10-8-19-39(41)45(40-20-9-11-22-42(40)46)33-26-24-32(25-27-33)31-14-4-3-5-15-31/h3-30H,1-2H3. The fourth-order valence-corrected chi connectivity index (χ4v) is 8.01. The van der Waals surface area contributed by atoms with E-state index in [9.17, 15) is 0 Å². The molecule has 0 heterocycles. The van der Waals surface area contributed by atoms with Crippen LogP contribution < -0.4 is 0 Å². The topological polar surface area (TPSA) is 0 Å². The number of hydrogen-bond acceptors (Lipinski definition) is 0. The van der Waals surface area contributed by atoms with Gasteiger partial charge in [0.05, 0.1) is 0 Å². The summed E-state index contributed by atoms with van der Waals surface area (Å²) in [6.07, 6.45) is 0. The lowest BCUT2D eigenvalue weighted by atomic mass is 9.80. The third-order valence-corrected chi connectivity index (χ3v) is 10.3. The van der Waals surface area contributed by atoms with Gasteiger partial charge in [0, 0.05) is 5.41 Å². The molecule has 47 heavy (non-hydrogen) atoms. The fourth-order valence-electron chi connectivity index (χ4n) is 8.01. The monoisotopic (exact) mass is 598 g/mol. The van der Waals surface area contributed by atoms with Crippen LogP contribution in [0.4, 0.5) is 0 Å². The number of benzene rings is 8. The van der Waals surface area contributed by atoms with Crippen molar-refractivity contribution in [2.45, 2.75) is 19.3 Å². The molecule has 1 aliphatic carbocycles. The summed E-state index contributed by atoms with van der Waals surface area (Å²) in [5.41, 5.74) is 15.5. The zero-order valence-electron chi connectivity index (χ0n) is 26.7. The number of rotatable bonds is 4. The quantitative estimate of drug-likeness (QED) is 0.177. The first-order valence-corrected chi connectivity index (χ1v) is 16.5. The molecule has 222 valence electrons. The Morgan fingerprint density at radius 3 is 1.40 bits per heavy atom. The third-order valence-electron chi connectivity index (χ3n) is 10.3. The van der Waals surface area contributed by atoms with E-state index < -0.39 is 0 Å². The zero-order chi connectivity index (χ0) is 31.5. The van der Waals surface area contributed by atoms with Gasteiger partial charge in [-0.3, -0.25) is 0 Å². The van der Waals surface area contributed by atoms with Gasteiger partial charge in [0.2, 0.25) is 0 Å². The van der Waals surface area contributed by atoms with Crippen LogP contribution in [0.15, 0.2) is 170 Å². The molecule has 0 heteroatoms. The Balaban J connectivity index is 1.26. The lowest BCUT2D eigenvalue weighted by molar-refractivity contribution is 0.660. The Bertz CT molecular complexity index is 2400. The van der Waals surface area contributed by atoms with Crippen molar-refractivity contribution >= 4 is 21.5 Å². The molecule has 0 saturated carbocycles. The highest BCUT2D eigenvalue weighted by Crippen LogP contribution is 2.51. The van der Waals surface area contributed by atoms with Gasteiger partial charge in [-0.2, -0.15) is 0 Å². The Kier molecular flexibility index (Phi) is 6.27. The van der Waals surface area contributed by atoms with Gasteiger partial charge in [0.15, 0.2) is 0 Å². The molecule has 0 nitrogen and oxygen atoms in total. The van der Waals surface area contributed by atoms with Crippen molar-refractivity contribution in [2.75, 3.05) is 0 Å². The van der Waals surface area contributed by atoms with Crippen molar-refractivity contribution in [3.8, 4) is 55.6 Å². The van der Waals surface area contributed by atoms with Crippen LogP contribution in [-0.4, -0.2) is 0 Å². The average Bonchev–Trinajstić information content (AvgIpc) is 3.36. The molecule has 0 aliphatic heterocycles. The predicted octanol–water partition coefficient (Wildman–Crippen LogP) is 13.0. The minimum Gasteiger partial charge on any atom is -0.0622 e. The summed E-state index contributed by atoms with van der Waals surface area (Å²) in [7, 11) is 0. The maximum absolute atomic E-state index is 2.45. The van der Waals surface area contributed by atoms with Crippen LogP contribution in [-0.2, 0) is 5.41 Å². The molecule has 0 fully saturated rings. The highest BCUT2D eigenvalue weighted by atomic mass is 14.4. The Morgan fingerprint density at radius 1 is 0.298 bits per heavy atom. The van der Waals surface area contributed by atoms with Gasteiger partial charge >= 0.3 is 0 Å². The molecule has 0 radical (unpaired) electrons. The Labute approximate surface area is 276 Å². The van der Waals surface area contributed by atoms with Gasteiger partial charge in [-0.25, -0.2) is 0 Å². The summed E-state index contributed by atoms with van der Waals surface area (Å²) < 4.78 is 0. The van der Waals surface area contributed by atoms with E-state index in [0.717, 1.165) is 0 Å². The Hall–Kier alpha value is -5.72. The summed E-state index contributed by atoms with van der Waals surface area (Å²) in [6, 6.07) is 62.6. The second-order valence-electron chi connectivity index (χ2n) is 13.3. The molecule has 0 amide bonds. The van der Waals surface area contributed by atoms with Crippen molar-refractivity contribution < 1.29 is 0 Å². The Morgan fingerprint density at radius 2 is 0.745 bits per heavy atom. The van der Waals surface area contributed by atoms with Gasteiger partial charge in [0.1, 0.15) is 0 Å². The maximum atomic E-state index is 2.45. The molecular weight excluding hydrogens is 565 g/mol. The summed E-state index contributed by atoms with van der Waals surface area (Å²) >= 11 is 0. The van der Waals surface area contributed by atoms with E-state index in [2.05, 4.69) is 184 Å². The smallest absolute Gasteiger partial charge is 0.0159 e. The van der Waals surface area contributed by atoms with Crippen molar-refractivity contribution in [3.05, 3.63) is 181 Å². The molecule has 8 aromatic rings. The van der Waals surface area contributed by atoms with E-state index in [0.29, 0.717) is 0 Å². The lowest BCUT2D eigenvalue weighted by Gasteiger charge is -2.23. The molecular formula is C47H34. The normalized spacial score (nSPS) is 13.1. The van der Waals surface area contributed by atoms with Gasteiger partial charge in [-0.15, -0.1) is 0 Å². The van der Waals surface area contributed by atoms with Crippen LogP contribution in [0.1, 0.15) is 25.0 Å². The summed E-state index contributed by atoms with van der Waals surface area (Å²) in [6.45, 7) is 4.72. The van der Waals surface area contributed by atoms with E-state index in [1.54, 1.807) is 0 Å². The van der Waals surface area contributed by atoms with E-state index in [1.165, 1.54) is 88.3 Å². The van der Waals surface area contributed by atoms with Crippen LogP contribution in [0.25, 0.3) is 77.2 Å². The van der Waals surface area contributed by atoms with E-state index >= 15 is 0 Å². The molecule has 0 atom stereocenters. The van der Waals surface area contributed by atoms with Gasteiger partial charge in [-0.05, 0) is 94.4 Å². The number of hydrogen-bond donors (Lipinski definition) is 0. The van der Waals surface area contributed by atoms with Crippen LogP contribution >= 0.6 is 0 Å². The van der Waals surface area contributed by atoms with Crippen LogP contribution in [0.2, 0.25) is 0 Å². The fraction of sp³-hybridized carbons (Fsp3) is 0.0638. The lowest BCUT2D eigenvalue weighted by Crippen LogP contribution is -2.14. The van der Waals surface area contributed by atoms with Crippen LogP contribution in [0, 0.1) is 0 Å². The highest BCUT2D eigenvalue weighted by molar-refractivity contribution is 6.22. The largest absolute Gasteiger partial charge is 0.0622 e. The maximum Gasteiger partial charge on any atom is 0.0159 e. The van der Waals surface area contributed by atoms with Crippen molar-refractivity contribution in [3.63, 3.8) is 0 Å². The molecule has 0 saturated heterocycles. The van der Waals surface area contributed by atoms with E-state index in [4.69, 9.17) is 0 Å². The summed E-state index contributed by atoms with van der Waals surface area (Å²) in [4.78, 5) is 0. The minimum absolute atomic E-state index is 0.0476. The molecule has 0 spiro atoms. The molecule has 8 aromatic carbocycles. The molecule has 0 aromatic heterocycles. The first-order valence-electron chi connectivity index (χ1n) is 16.5. The van der Waals surface area contributed by atoms with E-state index in [-0.39, 0.29) is 5.41 Å². The van der Waals surface area contributed by atoms with Crippen molar-refractivity contribution in [2.24, 2.45) is 0 Å². The molecule has 1 aliphatic rings. The predicted molar refractivity (Wildman–Crippen MR) is 201 cm³/mol. The van der Waals surface area contributed by atoms with Crippen LogP contribution in [0.3, 0.4) is 0 Å². The average molecular weight is 599 g/mol. The minimum atomic E-state index is -0.0476. The molecule has 0 N–H and O–H groups in total. The second kappa shape index (κ2) is 10.7. The molecule has 0 unspecified atom stereocenters. The van der Waals surface area contributed by atoms with Gasteiger partial charge < -0.3 is 0 Å². The molecule has 9 rings (SSSR count). The van der Waals surface area contributed by atoms with Gasteiger partial charge in [-0.1, -0.05) is 178 Å². The zero-order valence-corrected chi connectivity index (χ0v) is 26.7. The van der Waals surface area contributed by atoms with Crippen LogP contribution in [0.5, 0.6) is 0 Å². The summed E-state index contributed by atoms with van der Waals surface area (Å²) in [5, 5.41) is 5.09. The SMILES string of the molecule is CC1(C)c2ccccc2-c2ccc(-c3ccccc3-c3c4ccccc4c(-c4ccc(-c5ccccc5)cc4)c4ccccc34)cc21. The first-order chi connectivity index (χ1) is 23.1. The highest BCUT2D eigenvalue weighted by Gasteiger charge is 2.35. The van der Waals surface area contributed by atoms with Gasteiger partial charge in [0.25, 0.3) is 0 Å². The van der Waals surface area contributed by atoms with Crippen molar-refractivity contribution in [1.29, 1.82) is 0 Å². The van der Waals surface area contributed by atoms with E-state index in [1.807, 2.05) is 0 Å².